The van der Waals surface area contributed by atoms with Crippen molar-refractivity contribution >= 4 is 11.7 Å². The van der Waals surface area contributed by atoms with Crippen LogP contribution in [0.5, 0.6) is 0 Å². The summed E-state index contributed by atoms with van der Waals surface area (Å²) < 4.78 is 0. The molecule has 0 radical (unpaired) electrons. The second-order valence-corrected chi connectivity index (χ2v) is 3.96. The number of rotatable bonds is 5. The van der Waals surface area contributed by atoms with Crippen LogP contribution in [0, 0.1) is 0 Å². The summed E-state index contributed by atoms with van der Waals surface area (Å²) in [5.74, 6) is 0.213. The Hall–Kier alpha value is -1.58. The Morgan fingerprint density at radius 3 is 2.94 bits per heavy atom. The van der Waals surface area contributed by atoms with E-state index >= 15 is 0 Å². The number of nitrogens with one attached hydrogen (secondary N) is 1. The lowest BCUT2D eigenvalue weighted by molar-refractivity contribution is 0.0933. The number of carbonyl (C=O) groups excluding carboxylic acids is 1. The van der Waals surface area contributed by atoms with Gasteiger partial charge in [0.25, 0.3) is 5.91 Å². The molecule has 0 saturated heterocycles. The summed E-state index contributed by atoms with van der Waals surface area (Å²) in [6.45, 7) is 4.13. The van der Waals surface area contributed by atoms with Crippen LogP contribution in [0.2, 0.25) is 0 Å². The van der Waals surface area contributed by atoms with Crippen molar-refractivity contribution in [3.05, 3.63) is 23.9 Å². The summed E-state index contributed by atoms with van der Waals surface area (Å²) in [7, 11) is 0. The summed E-state index contributed by atoms with van der Waals surface area (Å²) in [6.07, 6.45) is 3.24. The third kappa shape index (κ3) is 3.88. The van der Waals surface area contributed by atoms with Gasteiger partial charge in [-0.05, 0) is 25.5 Å². The predicted molar refractivity (Wildman–Crippen MR) is 65.1 cm³/mol. The average molecular weight is 221 g/mol. The number of nitrogen functional groups attached to an aromatic ring is 1. The lowest BCUT2D eigenvalue weighted by Gasteiger charge is -2.12. The number of unbranched alkanes of at least 4 members (excludes halogenated alkanes) is 1. The molecule has 1 aromatic rings. The fraction of sp³-hybridized carbons (Fsp3) is 0.500. The molecule has 4 nitrogen and oxygen atoms in total. The first-order chi connectivity index (χ1) is 7.63. The zero-order chi connectivity index (χ0) is 12.0. The SMILES string of the molecule is CCCCC(C)NC(=O)c1cccc(N)n1. The number of anilines is 1. The topological polar surface area (TPSA) is 68.0 Å². The second kappa shape index (κ2) is 6.10. The molecule has 16 heavy (non-hydrogen) atoms. The lowest BCUT2D eigenvalue weighted by atomic mass is 10.1. The molecule has 1 atom stereocenters. The summed E-state index contributed by atoms with van der Waals surface area (Å²) in [4.78, 5) is 15.7. The molecule has 0 aliphatic carbocycles. The van der Waals surface area contributed by atoms with Crippen molar-refractivity contribution in [3.8, 4) is 0 Å². The number of nitrogens with two attached hydrogens (primary N) is 1. The van der Waals surface area contributed by atoms with Crippen LogP contribution in [0.1, 0.15) is 43.6 Å². The number of amides is 1. The van der Waals surface area contributed by atoms with E-state index in [-0.39, 0.29) is 11.9 Å². The molecule has 0 spiro atoms. The maximum absolute atomic E-state index is 11.7. The van der Waals surface area contributed by atoms with Crippen molar-refractivity contribution in [1.82, 2.24) is 10.3 Å². The summed E-state index contributed by atoms with van der Waals surface area (Å²) in [5.41, 5.74) is 5.89. The number of nitrogens with zero attached hydrogens (tertiary/aromatic N) is 1. The zero-order valence-electron chi connectivity index (χ0n) is 9.86. The van der Waals surface area contributed by atoms with Crippen molar-refractivity contribution in [3.63, 3.8) is 0 Å². The van der Waals surface area contributed by atoms with E-state index in [0.29, 0.717) is 11.5 Å². The smallest absolute Gasteiger partial charge is 0.270 e. The van der Waals surface area contributed by atoms with E-state index in [1.807, 2.05) is 6.92 Å². The van der Waals surface area contributed by atoms with Gasteiger partial charge in [-0.15, -0.1) is 0 Å². The highest BCUT2D eigenvalue weighted by Crippen LogP contribution is 2.03. The van der Waals surface area contributed by atoms with Crippen LogP contribution < -0.4 is 11.1 Å². The fourth-order valence-electron chi connectivity index (χ4n) is 1.46. The first kappa shape index (κ1) is 12.5. The highest BCUT2D eigenvalue weighted by atomic mass is 16.1. The van der Waals surface area contributed by atoms with E-state index in [1.54, 1.807) is 18.2 Å². The molecule has 0 fully saturated rings. The highest BCUT2D eigenvalue weighted by Gasteiger charge is 2.10. The Labute approximate surface area is 96.3 Å². The normalized spacial score (nSPS) is 12.1. The van der Waals surface area contributed by atoms with Crippen molar-refractivity contribution in [2.75, 3.05) is 5.73 Å². The van der Waals surface area contributed by atoms with E-state index in [9.17, 15) is 4.79 Å². The Morgan fingerprint density at radius 2 is 2.31 bits per heavy atom. The van der Waals surface area contributed by atoms with Crippen LogP contribution in [0.3, 0.4) is 0 Å². The molecule has 0 aliphatic heterocycles. The Morgan fingerprint density at radius 1 is 1.56 bits per heavy atom. The third-order valence-corrected chi connectivity index (χ3v) is 2.37. The van der Waals surface area contributed by atoms with E-state index in [4.69, 9.17) is 5.73 Å². The molecule has 1 rings (SSSR count). The molecular weight excluding hydrogens is 202 g/mol. The molecule has 1 heterocycles. The minimum absolute atomic E-state index is 0.157. The van der Waals surface area contributed by atoms with Crippen LogP contribution in [0.25, 0.3) is 0 Å². The minimum atomic E-state index is -0.157. The highest BCUT2D eigenvalue weighted by molar-refractivity contribution is 5.92. The van der Waals surface area contributed by atoms with Crippen LogP contribution in [0.4, 0.5) is 5.82 Å². The van der Waals surface area contributed by atoms with Gasteiger partial charge in [0, 0.05) is 6.04 Å². The van der Waals surface area contributed by atoms with Crippen LogP contribution in [-0.2, 0) is 0 Å². The predicted octanol–water partition coefficient (Wildman–Crippen LogP) is 1.97. The Kier molecular flexibility index (Phi) is 4.76. The molecule has 3 N–H and O–H groups in total. The Balaban J connectivity index is 2.52. The van der Waals surface area contributed by atoms with Gasteiger partial charge in [0.15, 0.2) is 0 Å². The van der Waals surface area contributed by atoms with Crippen LogP contribution in [-0.4, -0.2) is 16.9 Å². The van der Waals surface area contributed by atoms with Gasteiger partial charge in [-0.1, -0.05) is 25.8 Å². The molecule has 0 bridgehead atoms. The monoisotopic (exact) mass is 221 g/mol. The minimum Gasteiger partial charge on any atom is -0.384 e. The molecule has 0 aromatic carbocycles. The number of hydrogen-bond donors (Lipinski definition) is 2. The molecular formula is C12H19N3O. The van der Waals surface area contributed by atoms with Gasteiger partial charge >= 0.3 is 0 Å². The molecule has 0 saturated carbocycles. The number of aromatic nitrogens is 1. The number of carbonyl (C=O) groups is 1. The van der Waals surface area contributed by atoms with Gasteiger partial charge in [0.1, 0.15) is 11.5 Å². The van der Waals surface area contributed by atoms with E-state index in [2.05, 4.69) is 17.2 Å². The third-order valence-electron chi connectivity index (χ3n) is 2.37. The second-order valence-electron chi connectivity index (χ2n) is 3.96. The van der Waals surface area contributed by atoms with Crippen LogP contribution >= 0.6 is 0 Å². The van der Waals surface area contributed by atoms with Crippen LogP contribution in [0.15, 0.2) is 18.2 Å². The van der Waals surface area contributed by atoms with Gasteiger partial charge in [-0.2, -0.15) is 0 Å². The van der Waals surface area contributed by atoms with Crippen molar-refractivity contribution in [2.45, 2.75) is 39.2 Å². The van der Waals surface area contributed by atoms with Gasteiger partial charge in [0.05, 0.1) is 0 Å². The van der Waals surface area contributed by atoms with Gasteiger partial charge in [-0.3, -0.25) is 4.79 Å². The molecule has 4 heteroatoms. The standard InChI is InChI=1S/C12H19N3O/c1-3-4-6-9(2)14-12(16)10-7-5-8-11(13)15-10/h5,7-9H,3-4,6H2,1-2H3,(H2,13,15)(H,14,16). The zero-order valence-corrected chi connectivity index (χ0v) is 9.86. The number of hydrogen-bond acceptors (Lipinski definition) is 3. The van der Waals surface area contributed by atoms with Crippen molar-refractivity contribution in [2.24, 2.45) is 0 Å². The molecule has 0 aliphatic rings. The molecule has 1 aromatic heterocycles. The maximum Gasteiger partial charge on any atom is 0.270 e. The average Bonchev–Trinajstić information content (AvgIpc) is 2.26. The van der Waals surface area contributed by atoms with E-state index < -0.39 is 0 Å². The first-order valence-electron chi connectivity index (χ1n) is 5.67. The van der Waals surface area contributed by atoms with E-state index in [0.717, 1.165) is 19.3 Å². The maximum atomic E-state index is 11.7. The molecule has 1 amide bonds. The summed E-state index contributed by atoms with van der Waals surface area (Å²) in [5, 5.41) is 2.90. The molecule has 1 unspecified atom stereocenters. The van der Waals surface area contributed by atoms with Gasteiger partial charge in [0.2, 0.25) is 0 Å². The van der Waals surface area contributed by atoms with Gasteiger partial charge < -0.3 is 11.1 Å². The molecule has 88 valence electrons. The summed E-state index contributed by atoms with van der Waals surface area (Å²) >= 11 is 0. The largest absolute Gasteiger partial charge is 0.384 e. The summed E-state index contributed by atoms with van der Waals surface area (Å²) in [6, 6.07) is 5.24. The lowest BCUT2D eigenvalue weighted by Crippen LogP contribution is -2.33. The van der Waals surface area contributed by atoms with Gasteiger partial charge in [-0.25, -0.2) is 4.98 Å². The van der Waals surface area contributed by atoms with Crippen molar-refractivity contribution < 1.29 is 4.79 Å². The van der Waals surface area contributed by atoms with E-state index in [1.165, 1.54) is 0 Å². The quantitative estimate of drug-likeness (QED) is 0.798. The van der Waals surface area contributed by atoms with Crippen molar-refractivity contribution in [1.29, 1.82) is 0 Å². The Bertz CT molecular complexity index is 352. The fourth-order valence-corrected chi connectivity index (χ4v) is 1.46. The first-order valence-corrected chi connectivity index (χ1v) is 5.67. The number of pyridine rings is 1.